The SMILES string of the molecule is [C-]#Cc1ccccc1.[C-]#[O+].[C-]#[O+].[CH2][CH][CH2].[Mo+2].c1ccc(-c2ccccn2)nc1. The van der Waals surface area contributed by atoms with Crippen molar-refractivity contribution in [3.63, 3.8) is 0 Å². The van der Waals surface area contributed by atoms with E-state index in [9.17, 15) is 0 Å². The Morgan fingerprint density at radius 3 is 1.32 bits per heavy atom. The first-order chi connectivity index (χ1) is 13.3. The summed E-state index contributed by atoms with van der Waals surface area (Å²) in [4.78, 5) is 8.37. The van der Waals surface area contributed by atoms with Crippen LogP contribution in [0.15, 0.2) is 79.1 Å². The molecule has 0 aliphatic rings. The standard InChI is InChI=1S/C10H8N2.C8H5.C3H5.2CO.Mo/c1-3-7-11-9(5-1)10-6-2-4-8-12-10;1-2-8-6-4-3-5-7-8;1-3-2;2*1-2;/h1-8H;3-7H;3H,1-2H2;;;/q;-1;;;;+2. The van der Waals surface area contributed by atoms with E-state index in [4.69, 9.17) is 15.7 Å². The van der Waals surface area contributed by atoms with Crippen molar-refractivity contribution in [3.05, 3.63) is 125 Å². The summed E-state index contributed by atoms with van der Waals surface area (Å²) >= 11 is 0. The second kappa shape index (κ2) is 24.2. The molecule has 5 heteroatoms. The number of hydrogen-bond donors (Lipinski definition) is 0. The Labute approximate surface area is 182 Å². The molecule has 0 spiro atoms. The molecule has 3 rings (SSSR count). The van der Waals surface area contributed by atoms with E-state index in [1.807, 2.05) is 66.7 Å². The van der Waals surface area contributed by atoms with E-state index in [1.54, 1.807) is 12.4 Å². The summed E-state index contributed by atoms with van der Waals surface area (Å²) in [5.74, 6) is 2.28. The molecule has 0 unspecified atom stereocenters. The van der Waals surface area contributed by atoms with Crippen molar-refractivity contribution in [1.82, 2.24) is 9.97 Å². The van der Waals surface area contributed by atoms with Gasteiger partial charge in [0.2, 0.25) is 0 Å². The molecule has 137 valence electrons. The molecule has 3 radical (unpaired) electrons. The molecule has 0 saturated carbocycles. The van der Waals surface area contributed by atoms with Crippen molar-refractivity contribution >= 4 is 0 Å². The van der Waals surface area contributed by atoms with Gasteiger partial charge in [-0.1, -0.05) is 30.3 Å². The van der Waals surface area contributed by atoms with E-state index >= 15 is 0 Å². The summed E-state index contributed by atoms with van der Waals surface area (Å²) in [6.45, 7) is 15.5. The molecule has 0 saturated heterocycles. The van der Waals surface area contributed by atoms with E-state index in [0.29, 0.717) is 0 Å². The third kappa shape index (κ3) is 15.5. The van der Waals surface area contributed by atoms with Gasteiger partial charge in [0.15, 0.2) is 0 Å². The Bertz CT molecular complexity index is 725. The molecule has 2 heterocycles. The molecular weight excluding hydrogens is 432 g/mol. The van der Waals surface area contributed by atoms with Crippen LogP contribution in [0.25, 0.3) is 11.4 Å². The first-order valence-corrected chi connectivity index (χ1v) is 7.43. The maximum atomic E-state index is 7.50. The molecule has 1 aromatic carbocycles. The molecule has 0 amide bonds. The van der Waals surface area contributed by atoms with Gasteiger partial charge in [0, 0.05) is 12.4 Å². The van der Waals surface area contributed by atoms with Crippen molar-refractivity contribution in [2.45, 2.75) is 0 Å². The zero-order valence-electron chi connectivity index (χ0n) is 15.1. The maximum Gasteiger partial charge on any atom is 2.00 e. The van der Waals surface area contributed by atoms with Crippen molar-refractivity contribution in [3.8, 4) is 17.3 Å². The van der Waals surface area contributed by atoms with E-state index < -0.39 is 0 Å². The van der Waals surface area contributed by atoms with Gasteiger partial charge in [0.25, 0.3) is 0 Å². The van der Waals surface area contributed by atoms with Gasteiger partial charge in [-0.3, -0.25) is 15.9 Å². The van der Waals surface area contributed by atoms with Crippen LogP contribution in [0.4, 0.5) is 0 Å². The van der Waals surface area contributed by atoms with Crippen molar-refractivity contribution in [2.24, 2.45) is 0 Å². The number of hydrogen-bond acceptors (Lipinski definition) is 2. The number of benzene rings is 1. The molecule has 0 atom stereocenters. The second-order valence-electron chi connectivity index (χ2n) is 4.21. The predicted molar refractivity (Wildman–Crippen MR) is 103 cm³/mol. The molecule has 2 aromatic heterocycles. The van der Waals surface area contributed by atoms with Crippen molar-refractivity contribution in [1.29, 1.82) is 0 Å². The van der Waals surface area contributed by atoms with Gasteiger partial charge in [0.1, 0.15) is 0 Å². The summed E-state index contributed by atoms with van der Waals surface area (Å²) < 4.78 is 15.0. The van der Waals surface area contributed by atoms with Crippen molar-refractivity contribution < 1.29 is 30.4 Å². The van der Waals surface area contributed by atoms with Crippen molar-refractivity contribution in [2.75, 3.05) is 0 Å². The zero-order chi connectivity index (χ0) is 20.8. The van der Waals surface area contributed by atoms with Crippen LogP contribution in [0.3, 0.4) is 0 Å². The molecule has 0 bridgehead atoms. The van der Waals surface area contributed by atoms with Gasteiger partial charge in [-0.15, -0.1) is 17.7 Å². The third-order valence-corrected chi connectivity index (χ3v) is 2.51. The number of nitrogens with zero attached hydrogens (tertiary/aromatic N) is 2. The summed E-state index contributed by atoms with van der Waals surface area (Å²) in [7, 11) is 0. The molecule has 28 heavy (non-hydrogen) atoms. The van der Waals surface area contributed by atoms with Crippen LogP contribution < -0.4 is 0 Å². The van der Waals surface area contributed by atoms with Gasteiger partial charge in [-0.05, 0) is 44.5 Å². The number of aromatic nitrogens is 2. The minimum Gasteiger partial charge on any atom is -0.255 e. The topological polar surface area (TPSA) is 65.6 Å². The second-order valence-corrected chi connectivity index (χ2v) is 4.21. The average Bonchev–Trinajstić information content (AvgIpc) is 2.79. The van der Waals surface area contributed by atoms with Crippen LogP contribution in [0.1, 0.15) is 5.56 Å². The largest absolute Gasteiger partial charge is 2.00 e. The van der Waals surface area contributed by atoms with Gasteiger partial charge >= 0.3 is 43.7 Å². The first-order valence-electron chi connectivity index (χ1n) is 7.43. The van der Waals surface area contributed by atoms with Crippen LogP contribution in [0, 0.1) is 45.9 Å². The van der Waals surface area contributed by atoms with Crippen LogP contribution in [-0.2, 0) is 30.4 Å². The molecule has 0 N–H and O–H groups in total. The van der Waals surface area contributed by atoms with Gasteiger partial charge in [0.05, 0.1) is 11.4 Å². The van der Waals surface area contributed by atoms with Crippen LogP contribution in [0.2, 0.25) is 0 Å². The maximum absolute atomic E-state index is 7.50. The first kappa shape index (κ1) is 30.0. The fourth-order valence-electron chi connectivity index (χ4n) is 1.55. The fourth-order valence-corrected chi connectivity index (χ4v) is 1.55. The van der Waals surface area contributed by atoms with Crippen LogP contribution in [-0.4, -0.2) is 9.97 Å². The Hall–Kier alpha value is -2.75. The van der Waals surface area contributed by atoms with E-state index in [2.05, 4.69) is 43.0 Å². The average molecular weight is 450 g/mol. The summed E-state index contributed by atoms with van der Waals surface area (Å²) in [6, 6.07) is 21.0. The van der Waals surface area contributed by atoms with E-state index in [1.165, 1.54) is 6.42 Å². The third-order valence-electron chi connectivity index (χ3n) is 2.51. The normalized spacial score (nSPS) is 7.18. The quantitative estimate of drug-likeness (QED) is 0.236. The van der Waals surface area contributed by atoms with Gasteiger partial charge in [-0.2, -0.15) is 0 Å². The Kier molecular flexibility index (Phi) is 26.0. The molecule has 0 aliphatic carbocycles. The number of rotatable bonds is 1. The van der Waals surface area contributed by atoms with Crippen LogP contribution >= 0.6 is 0 Å². The summed E-state index contributed by atoms with van der Waals surface area (Å²) in [6.07, 6.45) is 11.7. The predicted octanol–water partition coefficient (Wildman–Crippen LogP) is 4.55. The summed E-state index contributed by atoms with van der Waals surface area (Å²) in [5, 5.41) is 0. The molecular formula is C23H18MoN2O2+. The minimum atomic E-state index is 0. The van der Waals surface area contributed by atoms with E-state index in [-0.39, 0.29) is 21.1 Å². The Morgan fingerprint density at radius 1 is 0.714 bits per heavy atom. The molecule has 4 nitrogen and oxygen atoms in total. The van der Waals surface area contributed by atoms with E-state index in [0.717, 1.165) is 17.0 Å². The number of pyridine rings is 2. The van der Waals surface area contributed by atoms with Gasteiger partial charge in [-0.25, -0.2) is 0 Å². The Balaban J connectivity index is -0.000000342. The van der Waals surface area contributed by atoms with Gasteiger partial charge < -0.3 is 6.42 Å². The smallest absolute Gasteiger partial charge is 0.255 e. The fraction of sp³-hybridized carbons (Fsp3) is 0. The minimum absolute atomic E-state index is 0. The monoisotopic (exact) mass is 452 g/mol. The Morgan fingerprint density at radius 2 is 1.07 bits per heavy atom. The molecule has 0 aliphatic heterocycles. The molecule has 0 fully saturated rings. The molecule has 3 aromatic rings. The summed E-state index contributed by atoms with van der Waals surface area (Å²) in [5.41, 5.74) is 2.66. The van der Waals surface area contributed by atoms with Crippen LogP contribution in [0.5, 0.6) is 0 Å². The zero-order valence-corrected chi connectivity index (χ0v) is 17.1.